The Morgan fingerprint density at radius 3 is 2.62 bits per heavy atom. The normalized spacial score (nSPS) is 24.2. The molecule has 21 heavy (non-hydrogen) atoms. The van der Waals surface area contributed by atoms with Crippen LogP contribution in [0.2, 0.25) is 0 Å². The first kappa shape index (κ1) is 14.0. The zero-order valence-corrected chi connectivity index (χ0v) is 12.2. The SMILES string of the molecule is CN1C(=O)[C@@H](Cc2nc(C3CCOCC3)n[nH]2)N(C)C1=O. The second kappa shape index (κ2) is 5.44. The predicted molar refractivity (Wildman–Crippen MR) is 72.6 cm³/mol. The lowest BCUT2D eigenvalue weighted by molar-refractivity contribution is -0.127. The van der Waals surface area contributed by atoms with Crippen molar-refractivity contribution in [3.05, 3.63) is 11.6 Å². The van der Waals surface area contributed by atoms with E-state index in [0.717, 1.165) is 36.8 Å². The van der Waals surface area contributed by atoms with Crippen LogP contribution in [0.15, 0.2) is 0 Å². The number of nitrogens with zero attached hydrogens (tertiary/aromatic N) is 4. The number of ether oxygens (including phenoxy) is 1. The smallest absolute Gasteiger partial charge is 0.326 e. The van der Waals surface area contributed by atoms with Crippen LogP contribution in [0.4, 0.5) is 4.79 Å². The standard InChI is InChI=1S/C13H19N5O3/c1-17-9(12(19)18(2)13(17)20)7-10-14-11(16-15-10)8-3-5-21-6-4-8/h8-9H,3-7H2,1-2H3,(H,14,15,16)/t9-/m1/s1. The lowest BCUT2D eigenvalue weighted by Gasteiger charge is -2.18. The fraction of sp³-hybridized carbons (Fsp3) is 0.692. The van der Waals surface area contributed by atoms with E-state index >= 15 is 0 Å². The van der Waals surface area contributed by atoms with Crippen LogP contribution in [-0.2, 0) is 16.0 Å². The Balaban J connectivity index is 1.70. The van der Waals surface area contributed by atoms with Gasteiger partial charge in [0.05, 0.1) is 0 Å². The van der Waals surface area contributed by atoms with Crippen molar-refractivity contribution < 1.29 is 14.3 Å². The van der Waals surface area contributed by atoms with Crippen LogP contribution in [0.25, 0.3) is 0 Å². The van der Waals surface area contributed by atoms with E-state index in [4.69, 9.17) is 4.74 Å². The van der Waals surface area contributed by atoms with Crippen LogP contribution in [0.3, 0.4) is 0 Å². The predicted octanol–water partition coefficient (Wildman–Crippen LogP) is 0.134. The fourth-order valence-corrected chi connectivity index (χ4v) is 2.80. The Labute approximate surface area is 122 Å². The molecule has 3 heterocycles. The third-order valence-corrected chi connectivity index (χ3v) is 4.19. The van der Waals surface area contributed by atoms with Gasteiger partial charge < -0.3 is 9.64 Å². The van der Waals surface area contributed by atoms with Gasteiger partial charge in [-0.05, 0) is 12.8 Å². The van der Waals surface area contributed by atoms with Crippen LogP contribution in [0.1, 0.15) is 30.4 Å². The van der Waals surface area contributed by atoms with Crippen molar-refractivity contribution in [1.82, 2.24) is 25.0 Å². The number of carbonyl (C=O) groups is 2. The molecule has 2 fully saturated rings. The average molecular weight is 293 g/mol. The van der Waals surface area contributed by atoms with Gasteiger partial charge in [-0.3, -0.25) is 14.8 Å². The maximum Gasteiger partial charge on any atom is 0.326 e. The molecular formula is C13H19N5O3. The van der Waals surface area contributed by atoms with E-state index in [1.807, 2.05) is 0 Å². The lowest BCUT2D eigenvalue weighted by atomic mass is 10.00. The highest BCUT2D eigenvalue weighted by Crippen LogP contribution is 2.24. The summed E-state index contributed by atoms with van der Waals surface area (Å²) in [6.07, 6.45) is 2.20. The van der Waals surface area contributed by atoms with E-state index in [1.165, 1.54) is 11.9 Å². The van der Waals surface area contributed by atoms with Crippen LogP contribution in [-0.4, -0.2) is 70.3 Å². The summed E-state index contributed by atoms with van der Waals surface area (Å²) in [4.78, 5) is 30.8. The first-order chi connectivity index (χ1) is 10.1. The van der Waals surface area contributed by atoms with Crippen molar-refractivity contribution in [3.63, 3.8) is 0 Å². The molecule has 2 aliphatic heterocycles. The van der Waals surface area contributed by atoms with Gasteiger partial charge in [0.25, 0.3) is 5.91 Å². The van der Waals surface area contributed by atoms with Crippen LogP contribution >= 0.6 is 0 Å². The molecule has 1 aromatic rings. The van der Waals surface area contributed by atoms with E-state index in [9.17, 15) is 9.59 Å². The van der Waals surface area contributed by atoms with Gasteiger partial charge in [0, 0.05) is 39.6 Å². The van der Waals surface area contributed by atoms with Crippen LogP contribution in [0.5, 0.6) is 0 Å². The fourth-order valence-electron chi connectivity index (χ4n) is 2.80. The minimum absolute atomic E-state index is 0.202. The monoisotopic (exact) mass is 293 g/mol. The molecule has 2 aliphatic rings. The van der Waals surface area contributed by atoms with Crippen molar-refractivity contribution in [1.29, 1.82) is 0 Å². The number of aromatic nitrogens is 3. The summed E-state index contributed by atoms with van der Waals surface area (Å²) in [6, 6.07) is -0.785. The largest absolute Gasteiger partial charge is 0.381 e. The first-order valence-corrected chi connectivity index (χ1v) is 7.11. The summed E-state index contributed by atoms with van der Waals surface area (Å²) in [7, 11) is 3.12. The molecule has 1 aromatic heterocycles. The van der Waals surface area contributed by atoms with Gasteiger partial charge >= 0.3 is 6.03 Å². The molecule has 114 valence electrons. The maximum atomic E-state index is 12.0. The average Bonchev–Trinajstić information content (AvgIpc) is 3.05. The Bertz CT molecular complexity index is 552. The Hall–Kier alpha value is -1.96. The molecule has 0 aliphatic carbocycles. The van der Waals surface area contributed by atoms with Gasteiger partial charge in [-0.2, -0.15) is 5.10 Å². The molecule has 0 unspecified atom stereocenters. The maximum absolute atomic E-state index is 12.0. The molecule has 3 amide bonds. The van der Waals surface area contributed by atoms with Gasteiger partial charge in [0.15, 0.2) is 5.82 Å². The molecule has 3 rings (SSSR count). The molecule has 0 saturated carbocycles. The molecule has 0 spiro atoms. The highest BCUT2D eigenvalue weighted by atomic mass is 16.5. The summed E-state index contributed by atoms with van der Waals surface area (Å²) < 4.78 is 5.33. The zero-order chi connectivity index (χ0) is 15.0. The number of hydrogen-bond acceptors (Lipinski definition) is 5. The molecule has 1 atom stereocenters. The van der Waals surface area contributed by atoms with Gasteiger partial charge in [0.1, 0.15) is 11.9 Å². The van der Waals surface area contributed by atoms with Crippen LogP contribution in [0, 0.1) is 0 Å². The minimum Gasteiger partial charge on any atom is -0.381 e. The third-order valence-electron chi connectivity index (χ3n) is 4.19. The Kier molecular flexibility index (Phi) is 3.62. The summed E-state index contributed by atoms with van der Waals surface area (Å²) in [5.41, 5.74) is 0. The topological polar surface area (TPSA) is 91.4 Å². The number of aromatic amines is 1. The van der Waals surface area contributed by atoms with Gasteiger partial charge in [0.2, 0.25) is 0 Å². The van der Waals surface area contributed by atoms with Crippen LogP contribution < -0.4 is 0 Å². The number of likely N-dealkylation sites (N-methyl/N-ethyl adjacent to an activating group) is 2. The molecule has 0 aromatic carbocycles. The van der Waals surface area contributed by atoms with Crippen molar-refractivity contribution in [2.24, 2.45) is 0 Å². The number of imide groups is 1. The van der Waals surface area contributed by atoms with E-state index in [2.05, 4.69) is 15.2 Å². The zero-order valence-electron chi connectivity index (χ0n) is 12.2. The number of rotatable bonds is 3. The van der Waals surface area contributed by atoms with E-state index in [1.54, 1.807) is 7.05 Å². The van der Waals surface area contributed by atoms with E-state index in [0.29, 0.717) is 18.2 Å². The van der Waals surface area contributed by atoms with E-state index in [-0.39, 0.29) is 11.9 Å². The molecule has 1 N–H and O–H groups in total. The second-order valence-electron chi connectivity index (χ2n) is 5.54. The summed E-state index contributed by atoms with van der Waals surface area (Å²) in [5, 5.41) is 7.14. The number of hydrogen-bond donors (Lipinski definition) is 1. The number of nitrogens with one attached hydrogen (secondary N) is 1. The first-order valence-electron chi connectivity index (χ1n) is 7.11. The quantitative estimate of drug-likeness (QED) is 0.800. The Morgan fingerprint density at radius 1 is 1.29 bits per heavy atom. The van der Waals surface area contributed by atoms with Gasteiger partial charge in [-0.1, -0.05) is 0 Å². The number of H-pyrrole nitrogens is 1. The highest BCUT2D eigenvalue weighted by Gasteiger charge is 2.41. The van der Waals surface area contributed by atoms with Crippen molar-refractivity contribution >= 4 is 11.9 Å². The number of urea groups is 1. The molecular weight excluding hydrogens is 274 g/mol. The molecule has 0 radical (unpaired) electrons. The highest BCUT2D eigenvalue weighted by molar-refractivity contribution is 6.03. The van der Waals surface area contributed by atoms with E-state index < -0.39 is 6.04 Å². The van der Waals surface area contributed by atoms with Gasteiger partial charge in [-0.15, -0.1) is 0 Å². The molecule has 8 nitrogen and oxygen atoms in total. The molecule has 0 bridgehead atoms. The summed E-state index contributed by atoms with van der Waals surface area (Å²) >= 11 is 0. The second-order valence-corrected chi connectivity index (χ2v) is 5.54. The lowest BCUT2D eigenvalue weighted by Crippen LogP contribution is -2.33. The van der Waals surface area contributed by atoms with Crippen molar-refractivity contribution in [2.75, 3.05) is 27.3 Å². The van der Waals surface area contributed by atoms with Gasteiger partial charge in [-0.25, -0.2) is 9.78 Å². The number of amides is 3. The Morgan fingerprint density at radius 2 is 2.00 bits per heavy atom. The third kappa shape index (κ3) is 2.51. The van der Waals surface area contributed by atoms with Crippen molar-refractivity contribution in [3.8, 4) is 0 Å². The molecule has 8 heteroatoms. The molecule has 2 saturated heterocycles. The summed E-state index contributed by atoms with van der Waals surface area (Å²) in [5.74, 6) is 1.53. The minimum atomic E-state index is -0.502. The number of carbonyl (C=O) groups excluding carboxylic acids is 2. The van der Waals surface area contributed by atoms with Crippen molar-refractivity contribution in [2.45, 2.75) is 31.2 Å². The summed E-state index contributed by atoms with van der Waals surface area (Å²) in [6.45, 7) is 1.47.